The Hall–Kier alpha value is -0.370. The van der Waals surface area contributed by atoms with Crippen LogP contribution in [0.2, 0.25) is 0 Å². The minimum Gasteiger partial charge on any atom is -0.396 e. The summed E-state index contributed by atoms with van der Waals surface area (Å²) in [6, 6.07) is 0. The standard InChI is InChI=1S/C7H14O2/c1-2-3-4-7(5-8)6-9/h5,7,9H,2-4,6H2,1H3. The molecule has 54 valence electrons. The van der Waals surface area contributed by atoms with E-state index < -0.39 is 0 Å². The largest absolute Gasteiger partial charge is 0.396 e. The topological polar surface area (TPSA) is 37.3 Å². The Morgan fingerprint density at radius 1 is 1.67 bits per heavy atom. The van der Waals surface area contributed by atoms with Gasteiger partial charge in [0.15, 0.2) is 0 Å². The van der Waals surface area contributed by atoms with Gasteiger partial charge in [-0.2, -0.15) is 0 Å². The Morgan fingerprint density at radius 2 is 2.33 bits per heavy atom. The van der Waals surface area contributed by atoms with Gasteiger partial charge in [0.1, 0.15) is 6.29 Å². The van der Waals surface area contributed by atoms with Crippen molar-refractivity contribution in [2.75, 3.05) is 6.61 Å². The van der Waals surface area contributed by atoms with Crippen LogP contribution in [0.1, 0.15) is 26.2 Å². The van der Waals surface area contributed by atoms with Crippen LogP contribution in [-0.2, 0) is 4.79 Å². The minimum absolute atomic E-state index is 0.00347. The summed E-state index contributed by atoms with van der Waals surface area (Å²) in [7, 11) is 0. The van der Waals surface area contributed by atoms with Crippen LogP contribution in [0, 0.1) is 5.92 Å². The number of rotatable bonds is 5. The summed E-state index contributed by atoms with van der Waals surface area (Å²) in [4.78, 5) is 10.1. The molecule has 0 aromatic heterocycles. The molecule has 0 aromatic rings. The van der Waals surface area contributed by atoms with Crippen molar-refractivity contribution >= 4 is 6.29 Å². The number of aliphatic hydroxyl groups is 1. The van der Waals surface area contributed by atoms with Gasteiger partial charge in [0.05, 0.1) is 6.61 Å². The van der Waals surface area contributed by atoms with E-state index >= 15 is 0 Å². The maximum atomic E-state index is 10.1. The third-order valence-electron chi connectivity index (χ3n) is 1.36. The number of carbonyl (C=O) groups excluding carboxylic acids is 1. The first kappa shape index (κ1) is 8.63. The molecule has 0 spiro atoms. The van der Waals surface area contributed by atoms with Gasteiger partial charge in [-0.25, -0.2) is 0 Å². The molecule has 0 heterocycles. The smallest absolute Gasteiger partial charge is 0.125 e. The van der Waals surface area contributed by atoms with Crippen molar-refractivity contribution in [1.29, 1.82) is 0 Å². The monoisotopic (exact) mass is 130 g/mol. The van der Waals surface area contributed by atoms with E-state index in [4.69, 9.17) is 5.11 Å². The molecule has 0 saturated heterocycles. The summed E-state index contributed by atoms with van der Waals surface area (Å²) in [6.07, 6.45) is 3.78. The fourth-order valence-electron chi connectivity index (χ4n) is 0.669. The molecule has 0 saturated carbocycles. The van der Waals surface area contributed by atoms with Gasteiger partial charge >= 0.3 is 0 Å². The summed E-state index contributed by atoms with van der Waals surface area (Å²) in [6.45, 7) is 2.07. The van der Waals surface area contributed by atoms with Crippen molar-refractivity contribution in [3.63, 3.8) is 0 Å². The molecule has 2 nitrogen and oxygen atoms in total. The highest BCUT2D eigenvalue weighted by Gasteiger charge is 2.02. The molecule has 1 atom stereocenters. The first-order valence-corrected chi connectivity index (χ1v) is 3.41. The van der Waals surface area contributed by atoms with Crippen LogP contribution in [0.5, 0.6) is 0 Å². The Kier molecular flexibility index (Phi) is 5.52. The molecule has 0 bridgehead atoms. The van der Waals surface area contributed by atoms with Crippen LogP contribution in [0.25, 0.3) is 0 Å². The molecular weight excluding hydrogens is 116 g/mol. The first-order chi connectivity index (χ1) is 4.35. The fraction of sp³-hybridized carbons (Fsp3) is 0.857. The van der Waals surface area contributed by atoms with E-state index in [1.165, 1.54) is 0 Å². The van der Waals surface area contributed by atoms with Crippen LogP contribution < -0.4 is 0 Å². The number of hydrogen-bond acceptors (Lipinski definition) is 2. The first-order valence-electron chi connectivity index (χ1n) is 3.41. The molecule has 0 aliphatic heterocycles. The van der Waals surface area contributed by atoms with E-state index in [0.29, 0.717) is 0 Å². The predicted molar refractivity (Wildman–Crippen MR) is 36.2 cm³/mol. The molecular formula is C7H14O2. The van der Waals surface area contributed by atoms with Crippen molar-refractivity contribution in [3.8, 4) is 0 Å². The van der Waals surface area contributed by atoms with E-state index in [-0.39, 0.29) is 12.5 Å². The van der Waals surface area contributed by atoms with Gasteiger partial charge in [0.25, 0.3) is 0 Å². The lowest BCUT2D eigenvalue weighted by Gasteiger charge is -2.02. The lowest BCUT2D eigenvalue weighted by atomic mass is 10.1. The van der Waals surface area contributed by atoms with E-state index in [9.17, 15) is 4.79 Å². The van der Waals surface area contributed by atoms with Crippen molar-refractivity contribution in [2.45, 2.75) is 26.2 Å². The zero-order valence-electron chi connectivity index (χ0n) is 5.84. The van der Waals surface area contributed by atoms with Crippen LogP contribution in [-0.4, -0.2) is 18.0 Å². The highest BCUT2D eigenvalue weighted by molar-refractivity contribution is 5.53. The lowest BCUT2D eigenvalue weighted by molar-refractivity contribution is -0.112. The maximum Gasteiger partial charge on any atom is 0.125 e. The Labute approximate surface area is 55.9 Å². The van der Waals surface area contributed by atoms with Gasteiger partial charge in [-0.1, -0.05) is 19.8 Å². The van der Waals surface area contributed by atoms with Crippen molar-refractivity contribution in [2.24, 2.45) is 5.92 Å². The second-order valence-corrected chi connectivity index (χ2v) is 2.22. The highest BCUT2D eigenvalue weighted by Crippen LogP contribution is 2.03. The van der Waals surface area contributed by atoms with Crippen LogP contribution in [0.3, 0.4) is 0 Å². The Bertz CT molecular complexity index is 71.3. The zero-order chi connectivity index (χ0) is 7.11. The van der Waals surface area contributed by atoms with Gasteiger partial charge in [-0.05, 0) is 6.42 Å². The van der Waals surface area contributed by atoms with Crippen molar-refractivity contribution in [1.82, 2.24) is 0 Å². The second kappa shape index (κ2) is 5.76. The van der Waals surface area contributed by atoms with E-state index in [1.54, 1.807) is 0 Å². The number of unbranched alkanes of at least 4 members (excludes halogenated alkanes) is 1. The molecule has 2 heteroatoms. The molecule has 1 unspecified atom stereocenters. The average Bonchev–Trinajstić information content (AvgIpc) is 1.91. The summed E-state index contributed by atoms with van der Waals surface area (Å²) in [5.74, 6) is -0.120. The van der Waals surface area contributed by atoms with Crippen molar-refractivity contribution in [3.05, 3.63) is 0 Å². The third-order valence-corrected chi connectivity index (χ3v) is 1.36. The Morgan fingerprint density at radius 3 is 2.67 bits per heavy atom. The summed E-state index contributed by atoms with van der Waals surface area (Å²) in [5, 5.41) is 8.52. The summed E-state index contributed by atoms with van der Waals surface area (Å²) >= 11 is 0. The highest BCUT2D eigenvalue weighted by atomic mass is 16.3. The molecule has 0 aliphatic carbocycles. The molecule has 0 aliphatic rings. The van der Waals surface area contributed by atoms with Crippen molar-refractivity contribution < 1.29 is 9.90 Å². The van der Waals surface area contributed by atoms with Gasteiger partial charge in [0, 0.05) is 5.92 Å². The molecule has 0 rings (SSSR count). The third kappa shape index (κ3) is 4.15. The quantitative estimate of drug-likeness (QED) is 0.563. The van der Waals surface area contributed by atoms with E-state index in [1.807, 2.05) is 0 Å². The van der Waals surface area contributed by atoms with E-state index in [2.05, 4.69) is 6.92 Å². The second-order valence-electron chi connectivity index (χ2n) is 2.22. The molecule has 0 radical (unpaired) electrons. The predicted octanol–water partition coefficient (Wildman–Crippen LogP) is 0.984. The average molecular weight is 130 g/mol. The normalized spacial score (nSPS) is 13.1. The minimum atomic E-state index is -0.120. The molecule has 0 fully saturated rings. The van der Waals surface area contributed by atoms with Gasteiger partial charge in [0.2, 0.25) is 0 Å². The SMILES string of the molecule is CCCCC(C=O)CO. The Balaban J connectivity index is 3.20. The number of hydrogen-bond donors (Lipinski definition) is 1. The number of carbonyl (C=O) groups is 1. The van der Waals surface area contributed by atoms with Crippen LogP contribution in [0.15, 0.2) is 0 Å². The molecule has 0 aromatic carbocycles. The number of aliphatic hydroxyl groups excluding tert-OH is 1. The molecule has 1 N–H and O–H groups in total. The van der Waals surface area contributed by atoms with Crippen LogP contribution >= 0.6 is 0 Å². The van der Waals surface area contributed by atoms with Crippen LogP contribution in [0.4, 0.5) is 0 Å². The lowest BCUT2D eigenvalue weighted by Crippen LogP contribution is -2.06. The fourth-order valence-corrected chi connectivity index (χ4v) is 0.669. The zero-order valence-corrected chi connectivity index (χ0v) is 5.84. The van der Waals surface area contributed by atoms with Gasteiger partial charge in [-0.3, -0.25) is 0 Å². The maximum absolute atomic E-state index is 10.1. The summed E-state index contributed by atoms with van der Waals surface area (Å²) in [5.41, 5.74) is 0. The van der Waals surface area contributed by atoms with Gasteiger partial charge in [-0.15, -0.1) is 0 Å². The summed E-state index contributed by atoms with van der Waals surface area (Å²) < 4.78 is 0. The van der Waals surface area contributed by atoms with E-state index in [0.717, 1.165) is 25.5 Å². The molecule has 0 amide bonds. The molecule has 9 heavy (non-hydrogen) atoms. The number of aldehydes is 1. The van der Waals surface area contributed by atoms with Gasteiger partial charge < -0.3 is 9.90 Å².